The summed E-state index contributed by atoms with van der Waals surface area (Å²) in [5.74, 6) is -0.830. The molecule has 0 heterocycles. The third-order valence-electron chi connectivity index (χ3n) is 7.55. The second-order valence-corrected chi connectivity index (χ2v) is 10.2. The zero-order valence-electron chi connectivity index (χ0n) is 22.6. The standard InChI is InChI=1S/C31H33F4NO3/c1-19-5-10-23(37)16-26(19)28-29(31(33,34)35)20(2)15-27(30(28)32)36(17-21-6-11-24(38-3)12-7-21)18-22-8-13-25(39-4)14-9-22/h6-9,11-15,19,26H,5,10,16-18H2,1-4H3. The Balaban J connectivity index is 1.86. The van der Waals surface area contributed by atoms with Crippen LogP contribution in [-0.4, -0.2) is 20.0 Å². The average molecular weight is 544 g/mol. The van der Waals surface area contributed by atoms with Gasteiger partial charge in [0.15, 0.2) is 5.82 Å². The predicted octanol–water partition coefficient (Wildman–Crippen LogP) is 7.85. The van der Waals surface area contributed by atoms with E-state index >= 15 is 4.39 Å². The molecule has 0 aromatic heterocycles. The highest BCUT2D eigenvalue weighted by Gasteiger charge is 2.42. The van der Waals surface area contributed by atoms with Crippen molar-refractivity contribution < 1.29 is 31.8 Å². The summed E-state index contributed by atoms with van der Waals surface area (Å²) in [4.78, 5) is 14.1. The van der Waals surface area contributed by atoms with Gasteiger partial charge in [-0.3, -0.25) is 4.79 Å². The first kappa shape index (κ1) is 28.5. The van der Waals surface area contributed by atoms with E-state index in [1.807, 2.05) is 24.3 Å². The third-order valence-corrected chi connectivity index (χ3v) is 7.55. The lowest BCUT2D eigenvalue weighted by Gasteiger charge is -2.34. The Labute approximate surface area is 226 Å². The normalized spacial score (nSPS) is 17.7. The molecular weight excluding hydrogens is 510 g/mol. The van der Waals surface area contributed by atoms with Crippen molar-refractivity contribution >= 4 is 11.5 Å². The van der Waals surface area contributed by atoms with Crippen LogP contribution >= 0.6 is 0 Å². The van der Waals surface area contributed by atoms with Crippen LogP contribution in [0.4, 0.5) is 23.2 Å². The van der Waals surface area contributed by atoms with Gasteiger partial charge in [-0.05, 0) is 72.2 Å². The molecule has 4 nitrogen and oxygen atoms in total. The first-order valence-electron chi connectivity index (χ1n) is 12.9. The van der Waals surface area contributed by atoms with Crippen molar-refractivity contribution in [3.63, 3.8) is 0 Å². The van der Waals surface area contributed by atoms with Crippen molar-refractivity contribution in [1.29, 1.82) is 0 Å². The number of anilines is 1. The fourth-order valence-corrected chi connectivity index (χ4v) is 5.41. The Hall–Kier alpha value is -3.55. The van der Waals surface area contributed by atoms with E-state index < -0.39 is 29.0 Å². The fraction of sp³-hybridized carbons (Fsp3) is 0.387. The number of carbonyl (C=O) groups excluding carboxylic acids is 1. The number of halogens is 4. The molecule has 2 atom stereocenters. The molecule has 0 N–H and O–H groups in total. The Morgan fingerprint density at radius 1 is 0.923 bits per heavy atom. The first-order valence-corrected chi connectivity index (χ1v) is 12.9. The van der Waals surface area contributed by atoms with Gasteiger partial charge in [0.25, 0.3) is 0 Å². The van der Waals surface area contributed by atoms with Crippen molar-refractivity contribution in [2.24, 2.45) is 5.92 Å². The number of ether oxygens (including phenoxy) is 2. The largest absolute Gasteiger partial charge is 0.497 e. The molecule has 0 aliphatic heterocycles. The van der Waals surface area contributed by atoms with E-state index in [9.17, 15) is 18.0 Å². The summed E-state index contributed by atoms with van der Waals surface area (Å²) >= 11 is 0. The minimum Gasteiger partial charge on any atom is -0.497 e. The molecule has 0 radical (unpaired) electrons. The maximum atomic E-state index is 16.5. The van der Waals surface area contributed by atoms with Crippen LogP contribution in [0.25, 0.3) is 0 Å². The number of methoxy groups -OCH3 is 2. The van der Waals surface area contributed by atoms with Crippen molar-refractivity contribution in [3.05, 3.63) is 88.2 Å². The summed E-state index contributed by atoms with van der Waals surface area (Å²) < 4.78 is 70.1. The van der Waals surface area contributed by atoms with Crippen LogP contribution in [0.3, 0.4) is 0 Å². The molecule has 4 rings (SSSR count). The second-order valence-electron chi connectivity index (χ2n) is 10.2. The number of nitrogens with zero attached hydrogens (tertiary/aromatic N) is 1. The van der Waals surface area contributed by atoms with Crippen molar-refractivity contribution in [1.82, 2.24) is 0 Å². The van der Waals surface area contributed by atoms with Gasteiger partial charge in [0.05, 0.1) is 25.5 Å². The zero-order chi connectivity index (χ0) is 28.3. The van der Waals surface area contributed by atoms with Crippen LogP contribution < -0.4 is 14.4 Å². The zero-order valence-corrected chi connectivity index (χ0v) is 22.6. The van der Waals surface area contributed by atoms with Gasteiger partial charge in [0.2, 0.25) is 0 Å². The van der Waals surface area contributed by atoms with Crippen LogP contribution in [0.15, 0.2) is 54.6 Å². The highest BCUT2D eigenvalue weighted by atomic mass is 19.4. The lowest BCUT2D eigenvalue weighted by Crippen LogP contribution is -2.29. The molecule has 0 amide bonds. The molecule has 0 spiro atoms. The van der Waals surface area contributed by atoms with E-state index in [1.165, 1.54) is 13.0 Å². The van der Waals surface area contributed by atoms with Gasteiger partial charge in [-0.15, -0.1) is 0 Å². The number of ketones is 1. The van der Waals surface area contributed by atoms with Crippen LogP contribution in [0.5, 0.6) is 11.5 Å². The van der Waals surface area contributed by atoms with Gasteiger partial charge >= 0.3 is 6.18 Å². The summed E-state index contributed by atoms with van der Waals surface area (Å²) in [6, 6.07) is 15.8. The van der Waals surface area contributed by atoms with Crippen molar-refractivity contribution in [2.45, 2.75) is 58.3 Å². The lowest BCUT2D eigenvalue weighted by molar-refractivity contribution is -0.139. The number of rotatable bonds is 8. The summed E-state index contributed by atoms with van der Waals surface area (Å²) in [6.07, 6.45) is -4.11. The molecule has 8 heteroatoms. The number of carbonyl (C=O) groups is 1. The van der Waals surface area contributed by atoms with E-state index in [0.29, 0.717) is 24.3 Å². The molecule has 1 fully saturated rings. The molecular formula is C31H33F4NO3. The van der Waals surface area contributed by atoms with E-state index in [1.54, 1.807) is 50.3 Å². The molecule has 1 aliphatic rings. The average Bonchev–Trinajstić information content (AvgIpc) is 2.91. The van der Waals surface area contributed by atoms with Crippen molar-refractivity contribution in [2.75, 3.05) is 19.1 Å². The summed E-state index contributed by atoms with van der Waals surface area (Å²) in [5.41, 5.74) is 0.325. The Bertz CT molecular complexity index is 1250. The van der Waals surface area contributed by atoms with Gasteiger partial charge < -0.3 is 14.4 Å². The minimum absolute atomic E-state index is 0.0615. The van der Waals surface area contributed by atoms with Crippen molar-refractivity contribution in [3.8, 4) is 11.5 Å². The molecule has 1 saturated carbocycles. The SMILES string of the molecule is COc1ccc(CN(Cc2ccc(OC)cc2)c2cc(C)c(C(F)(F)F)c(C3CC(=O)CCC3C)c2F)cc1. The van der Waals surface area contributed by atoms with Gasteiger partial charge in [0, 0.05) is 31.5 Å². The monoisotopic (exact) mass is 543 g/mol. The molecule has 3 aromatic rings. The van der Waals surface area contributed by atoms with Crippen LogP contribution in [0, 0.1) is 18.7 Å². The number of benzene rings is 3. The Kier molecular flexibility index (Phi) is 8.52. The third kappa shape index (κ3) is 6.37. The van der Waals surface area contributed by atoms with Crippen LogP contribution in [0.1, 0.15) is 59.9 Å². The first-order chi connectivity index (χ1) is 18.5. The number of hydrogen-bond donors (Lipinski definition) is 0. The number of hydrogen-bond acceptors (Lipinski definition) is 4. The lowest BCUT2D eigenvalue weighted by atomic mass is 9.73. The van der Waals surface area contributed by atoms with E-state index in [-0.39, 0.29) is 42.5 Å². The quantitative estimate of drug-likeness (QED) is 0.271. The van der Waals surface area contributed by atoms with Crippen LogP contribution in [0.2, 0.25) is 0 Å². The number of alkyl halides is 3. The summed E-state index contributed by atoms with van der Waals surface area (Å²) in [5, 5.41) is 0. The number of Topliss-reactive ketones (excluding diaryl/α,β-unsaturated/α-hetero) is 1. The van der Waals surface area contributed by atoms with Gasteiger partial charge in [-0.1, -0.05) is 31.2 Å². The molecule has 3 aromatic carbocycles. The van der Waals surface area contributed by atoms with E-state index in [4.69, 9.17) is 9.47 Å². The predicted molar refractivity (Wildman–Crippen MR) is 143 cm³/mol. The molecule has 0 saturated heterocycles. The number of aryl methyl sites for hydroxylation is 1. The summed E-state index contributed by atoms with van der Waals surface area (Å²) in [7, 11) is 3.12. The topological polar surface area (TPSA) is 38.8 Å². The van der Waals surface area contributed by atoms with Crippen LogP contribution in [-0.2, 0) is 24.1 Å². The molecule has 0 bridgehead atoms. The molecule has 1 aliphatic carbocycles. The Morgan fingerprint density at radius 3 is 1.90 bits per heavy atom. The van der Waals surface area contributed by atoms with Gasteiger partial charge in [-0.25, -0.2) is 4.39 Å². The highest BCUT2D eigenvalue weighted by Crippen LogP contribution is 2.47. The Morgan fingerprint density at radius 2 is 1.44 bits per heavy atom. The smallest absolute Gasteiger partial charge is 0.417 e. The molecule has 208 valence electrons. The maximum Gasteiger partial charge on any atom is 0.417 e. The van der Waals surface area contributed by atoms with Gasteiger partial charge in [0.1, 0.15) is 17.3 Å². The van der Waals surface area contributed by atoms with E-state index in [2.05, 4.69) is 0 Å². The molecule has 2 unspecified atom stereocenters. The highest BCUT2D eigenvalue weighted by molar-refractivity contribution is 5.80. The second kappa shape index (κ2) is 11.7. The minimum atomic E-state index is -4.75. The fourth-order valence-electron chi connectivity index (χ4n) is 5.41. The molecule has 39 heavy (non-hydrogen) atoms. The summed E-state index contributed by atoms with van der Waals surface area (Å²) in [6.45, 7) is 3.65. The van der Waals surface area contributed by atoms with E-state index in [0.717, 1.165) is 11.1 Å². The maximum absolute atomic E-state index is 16.5. The van der Waals surface area contributed by atoms with Gasteiger partial charge in [-0.2, -0.15) is 13.2 Å².